The number of nitrogens with zero attached hydrogens (tertiary/aromatic N) is 2. The summed E-state index contributed by atoms with van der Waals surface area (Å²) in [6, 6.07) is 13.7. The van der Waals surface area contributed by atoms with Crippen LogP contribution in [-0.4, -0.2) is 14.5 Å². The van der Waals surface area contributed by atoms with Gasteiger partial charge in [-0.25, -0.2) is 4.98 Å². The smallest absolute Gasteiger partial charge is 0.137 e. The number of rotatable bonds is 4. The molecule has 0 saturated carbocycles. The second-order valence-electron chi connectivity index (χ2n) is 4.41. The number of aromatic nitrogens is 2. The van der Waals surface area contributed by atoms with Crippen molar-refractivity contribution in [2.24, 2.45) is 0 Å². The molecule has 1 aromatic carbocycles. The van der Waals surface area contributed by atoms with E-state index in [4.69, 9.17) is 5.11 Å². The second-order valence-corrected chi connectivity index (χ2v) is 4.41. The first-order valence-electron chi connectivity index (χ1n) is 6.21. The van der Waals surface area contributed by atoms with Gasteiger partial charge in [-0.05, 0) is 29.8 Å². The Balaban J connectivity index is 1.74. The fraction of sp³-hybridized carbons (Fsp3) is 0.133. The minimum absolute atomic E-state index is 0.0594. The Morgan fingerprint density at radius 2 is 2.11 bits per heavy atom. The van der Waals surface area contributed by atoms with Crippen LogP contribution in [0.5, 0.6) is 0 Å². The molecule has 0 aliphatic heterocycles. The van der Waals surface area contributed by atoms with E-state index in [0.29, 0.717) is 6.54 Å². The number of pyridine rings is 1. The maximum atomic E-state index is 9.10. The van der Waals surface area contributed by atoms with Crippen molar-refractivity contribution in [3.05, 3.63) is 66.1 Å². The summed E-state index contributed by atoms with van der Waals surface area (Å²) < 4.78 is 2.00. The van der Waals surface area contributed by atoms with Gasteiger partial charge >= 0.3 is 0 Å². The summed E-state index contributed by atoms with van der Waals surface area (Å²) in [7, 11) is 0. The van der Waals surface area contributed by atoms with E-state index in [1.165, 1.54) is 0 Å². The minimum Gasteiger partial charge on any atom is -0.392 e. The number of anilines is 1. The highest BCUT2D eigenvalue weighted by Gasteiger charge is 2.01. The van der Waals surface area contributed by atoms with Crippen LogP contribution in [0.2, 0.25) is 0 Å². The maximum Gasteiger partial charge on any atom is 0.137 e. The van der Waals surface area contributed by atoms with Gasteiger partial charge in [0.1, 0.15) is 5.65 Å². The standard InChI is InChI=1S/C15H15N3O/c19-11-12-4-3-5-13(8-12)16-9-14-10-18-7-2-1-6-15(18)17-14/h1-8,10,16,19H,9,11H2. The van der Waals surface area contributed by atoms with Gasteiger partial charge in [0.05, 0.1) is 18.8 Å². The molecule has 0 saturated heterocycles. The molecule has 0 unspecified atom stereocenters. The zero-order valence-electron chi connectivity index (χ0n) is 10.5. The van der Waals surface area contributed by atoms with Crippen molar-refractivity contribution >= 4 is 11.3 Å². The monoisotopic (exact) mass is 253 g/mol. The Hall–Kier alpha value is -2.33. The van der Waals surface area contributed by atoms with Gasteiger partial charge in [-0.2, -0.15) is 0 Å². The van der Waals surface area contributed by atoms with Crippen molar-refractivity contribution in [2.75, 3.05) is 5.32 Å². The van der Waals surface area contributed by atoms with E-state index in [1.807, 2.05) is 59.3 Å². The molecule has 0 amide bonds. The molecule has 3 aromatic rings. The molecule has 0 fully saturated rings. The van der Waals surface area contributed by atoms with Crippen LogP contribution in [0.1, 0.15) is 11.3 Å². The highest BCUT2D eigenvalue weighted by atomic mass is 16.3. The molecule has 0 aliphatic rings. The molecule has 0 radical (unpaired) electrons. The Bertz CT molecular complexity index is 657. The molecular weight excluding hydrogens is 238 g/mol. The zero-order valence-corrected chi connectivity index (χ0v) is 10.5. The number of aliphatic hydroxyl groups excluding tert-OH is 1. The van der Waals surface area contributed by atoms with Crippen LogP contribution < -0.4 is 5.32 Å². The van der Waals surface area contributed by atoms with Crippen molar-refractivity contribution in [2.45, 2.75) is 13.2 Å². The summed E-state index contributed by atoms with van der Waals surface area (Å²) in [6.45, 7) is 0.723. The summed E-state index contributed by atoms with van der Waals surface area (Å²) in [5, 5.41) is 12.4. The van der Waals surface area contributed by atoms with Crippen LogP contribution in [0, 0.1) is 0 Å². The Labute approximate surface area is 111 Å². The van der Waals surface area contributed by atoms with Crippen molar-refractivity contribution in [3.63, 3.8) is 0 Å². The Morgan fingerprint density at radius 3 is 2.95 bits per heavy atom. The molecule has 0 atom stereocenters. The largest absolute Gasteiger partial charge is 0.392 e. The number of hydrogen-bond acceptors (Lipinski definition) is 3. The average molecular weight is 253 g/mol. The quantitative estimate of drug-likeness (QED) is 0.751. The summed E-state index contributed by atoms with van der Waals surface area (Å²) in [5.74, 6) is 0. The highest BCUT2D eigenvalue weighted by Crippen LogP contribution is 2.12. The molecule has 4 nitrogen and oxygen atoms in total. The molecule has 96 valence electrons. The van der Waals surface area contributed by atoms with Crippen LogP contribution in [0.25, 0.3) is 5.65 Å². The SMILES string of the molecule is OCc1cccc(NCc2cn3ccccc3n2)c1. The van der Waals surface area contributed by atoms with Gasteiger partial charge < -0.3 is 14.8 Å². The predicted octanol–water partition coefficient (Wildman–Crippen LogP) is 2.44. The van der Waals surface area contributed by atoms with Crippen LogP contribution >= 0.6 is 0 Å². The fourth-order valence-electron chi connectivity index (χ4n) is 2.04. The van der Waals surface area contributed by atoms with Gasteiger partial charge in [-0.15, -0.1) is 0 Å². The first-order chi connectivity index (χ1) is 9.35. The number of nitrogens with one attached hydrogen (secondary N) is 1. The number of imidazole rings is 1. The summed E-state index contributed by atoms with van der Waals surface area (Å²) in [6.07, 6.45) is 4.00. The summed E-state index contributed by atoms with van der Waals surface area (Å²) in [4.78, 5) is 4.52. The van der Waals surface area contributed by atoms with Crippen LogP contribution in [0.15, 0.2) is 54.9 Å². The van der Waals surface area contributed by atoms with E-state index in [9.17, 15) is 0 Å². The third-order valence-corrected chi connectivity index (χ3v) is 3.00. The summed E-state index contributed by atoms with van der Waals surface area (Å²) >= 11 is 0. The van der Waals surface area contributed by atoms with Gasteiger partial charge in [0, 0.05) is 18.1 Å². The van der Waals surface area contributed by atoms with Crippen molar-refractivity contribution in [1.29, 1.82) is 0 Å². The van der Waals surface area contributed by atoms with Gasteiger partial charge in [0.25, 0.3) is 0 Å². The van der Waals surface area contributed by atoms with Crippen molar-refractivity contribution < 1.29 is 5.11 Å². The molecule has 2 N–H and O–H groups in total. The van der Waals surface area contributed by atoms with Gasteiger partial charge in [-0.3, -0.25) is 0 Å². The minimum atomic E-state index is 0.0594. The predicted molar refractivity (Wildman–Crippen MR) is 74.9 cm³/mol. The average Bonchev–Trinajstić information content (AvgIpc) is 2.88. The van der Waals surface area contributed by atoms with E-state index >= 15 is 0 Å². The summed E-state index contributed by atoms with van der Waals surface area (Å²) in [5.41, 5.74) is 3.83. The van der Waals surface area contributed by atoms with Crippen molar-refractivity contribution in [1.82, 2.24) is 9.38 Å². The molecule has 2 aromatic heterocycles. The van der Waals surface area contributed by atoms with E-state index < -0.39 is 0 Å². The van der Waals surface area contributed by atoms with Crippen LogP contribution in [-0.2, 0) is 13.2 Å². The zero-order chi connectivity index (χ0) is 13.1. The molecule has 0 aliphatic carbocycles. The molecule has 0 spiro atoms. The highest BCUT2D eigenvalue weighted by molar-refractivity contribution is 5.46. The van der Waals surface area contributed by atoms with Crippen molar-refractivity contribution in [3.8, 4) is 0 Å². The lowest BCUT2D eigenvalue weighted by Crippen LogP contribution is -2.00. The number of benzene rings is 1. The van der Waals surface area contributed by atoms with E-state index in [2.05, 4.69) is 10.3 Å². The normalized spacial score (nSPS) is 10.8. The molecule has 19 heavy (non-hydrogen) atoms. The van der Waals surface area contributed by atoms with Gasteiger partial charge in [-0.1, -0.05) is 18.2 Å². The lowest BCUT2D eigenvalue weighted by molar-refractivity contribution is 0.282. The first-order valence-corrected chi connectivity index (χ1v) is 6.21. The Kier molecular flexibility index (Phi) is 3.16. The first kappa shape index (κ1) is 11.7. The maximum absolute atomic E-state index is 9.10. The van der Waals surface area contributed by atoms with E-state index in [1.54, 1.807) is 0 Å². The third-order valence-electron chi connectivity index (χ3n) is 3.00. The Morgan fingerprint density at radius 1 is 1.16 bits per heavy atom. The molecule has 2 heterocycles. The van der Waals surface area contributed by atoms with Gasteiger partial charge in [0.2, 0.25) is 0 Å². The lowest BCUT2D eigenvalue weighted by atomic mass is 10.2. The molecular formula is C15H15N3O. The molecule has 3 rings (SSSR count). The fourth-order valence-corrected chi connectivity index (χ4v) is 2.04. The number of aliphatic hydroxyl groups is 1. The van der Waals surface area contributed by atoms with E-state index in [-0.39, 0.29) is 6.61 Å². The third kappa shape index (κ3) is 2.58. The second kappa shape index (κ2) is 5.12. The van der Waals surface area contributed by atoms with Crippen LogP contribution in [0.3, 0.4) is 0 Å². The van der Waals surface area contributed by atoms with E-state index in [0.717, 1.165) is 22.6 Å². The van der Waals surface area contributed by atoms with Gasteiger partial charge in [0.15, 0.2) is 0 Å². The van der Waals surface area contributed by atoms with Crippen LogP contribution in [0.4, 0.5) is 5.69 Å². The number of hydrogen-bond donors (Lipinski definition) is 2. The number of fused-ring (bicyclic) bond motifs is 1. The lowest BCUT2D eigenvalue weighted by Gasteiger charge is -2.05. The topological polar surface area (TPSA) is 49.6 Å². The molecule has 0 bridgehead atoms. The molecule has 4 heteroatoms.